The van der Waals surface area contributed by atoms with E-state index in [-0.39, 0.29) is 16.9 Å². The van der Waals surface area contributed by atoms with Crippen molar-refractivity contribution in [2.24, 2.45) is 0 Å². The van der Waals surface area contributed by atoms with Crippen molar-refractivity contribution >= 4 is 75.0 Å². The van der Waals surface area contributed by atoms with Crippen LogP contribution in [0.2, 0.25) is 4.34 Å². The van der Waals surface area contributed by atoms with E-state index in [0.717, 1.165) is 17.4 Å². The van der Waals surface area contributed by atoms with Crippen molar-refractivity contribution in [2.45, 2.75) is 4.21 Å². The fourth-order valence-corrected chi connectivity index (χ4v) is 5.00. The lowest BCUT2D eigenvalue weighted by atomic mass is 10.1. The number of thiophene rings is 1. The standard InChI is InChI=1S/C21H19ClFN5O4S2/c1-24-17-10-16(25-11-29)14(9-15(17)23)20(30)28(2)13-5-3-12(4-6-13)26-21(31)27-34(32)19-8-7-18(22)33-19/h3-11,24H,1-2H3,(H,25,29)(H2,26,27,31). The summed E-state index contributed by atoms with van der Waals surface area (Å²) in [5.74, 6) is -1.21. The number of rotatable bonds is 8. The molecule has 1 unspecified atom stereocenters. The van der Waals surface area contributed by atoms with E-state index in [9.17, 15) is 23.0 Å². The second-order valence-electron chi connectivity index (χ2n) is 6.68. The van der Waals surface area contributed by atoms with Crippen LogP contribution in [-0.4, -0.2) is 36.7 Å². The van der Waals surface area contributed by atoms with Crippen LogP contribution in [-0.2, 0) is 15.8 Å². The Kier molecular flexibility index (Phi) is 8.21. The fourth-order valence-electron chi connectivity index (χ4n) is 2.88. The van der Waals surface area contributed by atoms with Gasteiger partial charge in [0.25, 0.3) is 5.91 Å². The lowest BCUT2D eigenvalue weighted by Gasteiger charge is -2.20. The van der Waals surface area contributed by atoms with Crippen LogP contribution in [0.5, 0.6) is 0 Å². The van der Waals surface area contributed by atoms with Gasteiger partial charge in [-0.25, -0.2) is 13.4 Å². The number of urea groups is 1. The smallest absolute Gasteiger partial charge is 0.331 e. The zero-order valence-electron chi connectivity index (χ0n) is 17.8. The normalized spacial score (nSPS) is 11.3. The molecular formula is C21H19ClFN5O4S2. The van der Waals surface area contributed by atoms with Crippen molar-refractivity contribution in [3.8, 4) is 0 Å². The quantitative estimate of drug-likeness (QED) is 0.329. The number of halogens is 2. The first-order chi connectivity index (χ1) is 16.2. The largest absolute Gasteiger partial charge is 0.386 e. The molecule has 3 rings (SSSR count). The maximum Gasteiger partial charge on any atom is 0.331 e. The number of carbonyl (C=O) groups is 3. The Morgan fingerprint density at radius 3 is 2.41 bits per heavy atom. The van der Waals surface area contributed by atoms with Crippen molar-refractivity contribution < 1.29 is 23.0 Å². The van der Waals surface area contributed by atoms with E-state index in [1.807, 2.05) is 0 Å². The maximum absolute atomic E-state index is 14.2. The molecule has 2 aromatic carbocycles. The van der Waals surface area contributed by atoms with Gasteiger partial charge in [-0.1, -0.05) is 11.6 Å². The number of nitrogens with one attached hydrogen (secondary N) is 4. The lowest BCUT2D eigenvalue weighted by Crippen LogP contribution is -2.30. The molecular weight excluding hydrogens is 505 g/mol. The van der Waals surface area contributed by atoms with E-state index in [0.29, 0.717) is 26.3 Å². The molecule has 0 aliphatic heterocycles. The summed E-state index contributed by atoms with van der Waals surface area (Å²) in [7, 11) is 1.24. The average molecular weight is 524 g/mol. The van der Waals surface area contributed by atoms with Crippen molar-refractivity contribution in [1.82, 2.24) is 4.72 Å². The van der Waals surface area contributed by atoms with Crippen molar-refractivity contribution in [3.05, 3.63) is 64.2 Å². The maximum atomic E-state index is 14.2. The third kappa shape index (κ3) is 5.90. The molecule has 0 fully saturated rings. The van der Waals surface area contributed by atoms with Gasteiger partial charge in [-0.3, -0.25) is 14.3 Å². The molecule has 3 aromatic rings. The third-order valence-corrected chi connectivity index (χ3v) is 7.16. The molecule has 1 aromatic heterocycles. The Labute approximate surface area is 205 Å². The highest BCUT2D eigenvalue weighted by Gasteiger charge is 2.20. The molecule has 178 valence electrons. The van der Waals surface area contributed by atoms with Crippen molar-refractivity contribution in [2.75, 3.05) is 34.9 Å². The number of hydrogen-bond acceptors (Lipinski definition) is 6. The lowest BCUT2D eigenvalue weighted by molar-refractivity contribution is -0.105. The van der Waals surface area contributed by atoms with E-state index >= 15 is 0 Å². The van der Waals surface area contributed by atoms with Crippen molar-refractivity contribution in [1.29, 1.82) is 0 Å². The topological polar surface area (TPSA) is 120 Å². The first-order valence-electron chi connectivity index (χ1n) is 9.57. The summed E-state index contributed by atoms with van der Waals surface area (Å²) < 4.78 is 29.5. The summed E-state index contributed by atoms with van der Waals surface area (Å²) >= 11 is 6.90. The highest BCUT2D eigenvalue weighted by Crippen LogP contribution is 2.27. The molecule has 4 N–H and O–H groups in total. The molecule has 34 heavy (non-hydrogen) atoms. The van der Waals surface area contributed by atoms with E-state index in [4.69, 9.17) is 11.6 Å². The number of anilines is 4. The van der Waals surface area contributed by atoms with Gasteiger partial charge >= 0.3 is 6.03 Å². The number of nitrogens with zero attached hydrogens (tertiary/aromatic N) is 1. The summed E-state index contributed by atoms with van der Waals surface area (Å²) in [5.41, 5.74) is 1.07. The molecule has 0 bridgehead atoms. The van der Waals surface area contributed by atoms with E-state index < -0.39 is 28.7 Å². The predicted molar refractivity (Wildman–Crippen MR) is 133 cm³/mol. The molecule has 0 radical (unpaired) electrons. The minimum absolute atomic E-state index is 0.0381. The van der Waals surface area contributed by atoms with E-state index in [2.05, 4.69) is 20.7 Å². The molecule has 9 nitrogen and oxygen atoms in total. The van der Waals surface area contributed by atoms with Crippen molar-refractivity contribution in [3.63, 3.8) is 0 Å². The minimum atomic E-state index is -1.76. The van der Waals surface area contributed by atoms with Crippen LogP contribution in [0.1, 0.15) is 10.4 Å². The summed E-state index contributed by atoms with van der Waals surface area (Å²) in [5, 5.41) is 7.59. The van der Waals surface area contributed by atoms with Gasteiger partial charge in [0.2, 0.25) is 6.41 Å². The molecule has 1 heterocycles. The second kappa shape index (κ2) is 11.1. The third-order valence-electron chi connectivity index (χ3n) is 4.56. The Morgan fingerprint density at radius 1 is 1.12 bits per heavy atom. The van der Waals surface area contributed by atoms with Crippen LogP contribution < -0.4 is 25.6 Å². The average Bonchev–Trinajstić information content (AvgIpc) is 3.26. The summed E-state index contributed by atoms with van der Waals surface area (Å²) in [6.45, 7) is 0. The Bertz CT molecular complexity index is 1250. The van der Waals surface area contributed by atoms with Gasteiger partial charge in [0, 0.05) is 25.5 Å². The van der Waals surface area contributed by atoms with Crippen LogP contribution >= 0.6 is 22.9 Å². The molecule has 1 atom stereocenters. The summed E-state index contributed by atoms with van der Waals surface area (Å²) in [6, 6.07) is 11.0. The van der Waals surface area contributed by atoms with E-state index in [1.54, 1.807) is 36.4 Å². The summed E-state index contributed by atoms with van der Waals surface area (Å²) in [6.07, 6.45) is 0.398. The fraction of sp³-hybridized carbons (Fsp3) is 0.0952. The van der Waals surface area contributed by atoms with Crippen LogP contribution in [0.15, 0.2) is 52.7 Å². The first-order valence-corrected chi connectivity index (χ1v) is 11.9. The zero-order chi connectivity index (χ0) is 24.8. The monoisotopic (exact) mass is 523 g/mol. The summed E-state index contributed by atoms with van der Waals surface area (Å²) in [4.78, 5) is 37.3. The number of hydrogen-bond donors (Lipinski definition) is 4. The van der Waals surface area contributed by atoms with E-state index in [1.165, 1.54) is 25.1 Å². The highest BCUT2D eigenvalue weighted by molar-refractivity contribution is 7.86. The Balaban J connectivity index is 1.70. The molecule has 13 heteroatoms. The molecule has 4 amide bonds. The van der Waals surface area contributed by atoms with Crippen LogP contribution in [0.25, 0.3) is 0 Å². The Morgan fingerprint density at radius 2 is 1.82 bits per heavy atom. The second-order valence-corrected chi connectivity index (χ2v) is 9.84. The van der Waals surface area contributed by atoms with Gasteiger partial charge in [0.05, 0.1) is 21.3 Å². The molecule has 0 saturated heterocycles. The van der Waals surface area contributed by atoms with Gasteiger partial charge in [-0.15, -0.1) is 11.3 Å². The van der Waals surface area contributed by atoms with Gasteiger partial charge in [-0.2, -0.15) is 0 Å². The Hall–Kier alpha value is -3.48. The molecule has 0 spiro atoms. The molecule has 0 saturated carbocycles. The first kappa shape index (κ1) is 25.1. The molecule has 0 aliphatic carbocycles. The minimum Gasteiger partial charge on any atom is -0.386 e. The highest BCUT2D eigenvalue weighted by atomic mass is 35.5. The van der Waals surface area contributed by atoms with Gasteiger partial charge in [-0.05, 0) is 48.5 Å². The SMILES string of the molecule is CNc1cc(NC=O)c(C(=O)N(C)c2ccc(NC(=O)NS(=O)c3ccc(Cl)s3)cc2)cc1F. The number of carbonyl (C=O) groups excluding carboxylic acids is 3. The number of amides is 4. The zero-order valence-corrected chi connectivity index (χ0v) is 20.2. The predicted octanol–water partition coefficient (Wildman–Crippen LogP) is 4.27. The van der Waals surface area contributed by atoms with Gasteiger partial charge < -0.3 is 20.9 Å². The van der Waals surface area contributed by atoms with Crippen LogP contribution in [0.4, 0.5) is 31.9 Å². The van der Waals surface area contributed by atoms with Gasteiger partial charge in [0.1, 0.15) is 10.0 Å². The number of benzene rings is 2. The van der Waals surface area contributed by atoms with Crippen LogP contribution in [0, 0.1) is 5.82 Å². The van der Waals surface area contributed by atoms with Gasteiger partial charge in [0.15, 0.2) is 11.0 Å². The van der Waals surface area contributed by atoms with Crippen LogP contribution in [0.3, 0.4) is 0 Å². The molecule has 0 aliphatic rings.